The molecule has 0 amide bonds. The highest BCUT2D eigenvalue weighted by Crippen LogP contribution is 2.21. The van der Waals surface area contributed by atoms with Gasteiger partial charge in [-0.2, -0.15) is 0 Å². The fourth-order valence-electron chi connectivity index (χ4n) is 1.49. The first-order valence-corrected chi connectivity index (χ1v) is 5.91. The van der Waals surface area contributed by atoms with E-state index in [1.807, 2.05) is 0 Å². The molecule has 0 aliphatic rings. The molecule has 15 heavy (non-hydrogen) atoms. The van der Waals surface area contributed by atoms with Crippen molar-refractivity contribution >= 4 is 20.8 Å². The molecule has 2 aromatic rings. The van der Waals surface area contributed by atoms with Gasteiger partial charge in [0, 0.05) is 22.7 Å². The highest BCUT2D eigenvalue weighted by atomic mass is 32.2. The van der Waals surface area contributed by atoms with Crippen LogP contribution in [0.15, 0.2) is 35.4 Å². The van der Waals surface area contributed by atoms with Gasteiger partial charge in [-0.25, -0.2) is 13.6 Å². The number of fused-ring (bicyclic) bond motifs is 1. The Balaban J connectivity index is 2.92. The van der Waals surface area contributed by atoms with Crippen molar-refractivity contribution in [3.63, 3.8) is 0 Å². The average molecular weight is 222 g/mol. The predicted octanol–water partition coefficient (Wildman–Crippen LogP) is 1.19. The largest absolute Gasteiger partial charge is 0.261 e. The summed E-state index contributed by atoms with van der Waals surface area (Å²) < 4.78 is 22.6. The fourth-order valence-corrected chi connectivity index (χ4v) is 2.25. The molecule has 4 nitrogen and oxygen atoms in total. The van der Waals surface area contributed by atoms with Crippen LogP contribution >= 0.6 is 0 Å². The van der Waals surface area contributed by atoms with Crippen LogP contribution in [0.3, 0.4) is 0 Å². The molecule has 5 heteroatoms. The zero-order valence-corrected chi connectivity index (χ0v) is 8.95. The van der Waals surface area contributed by atoms with Crippen molar-refractivity contribution in [2.75, 3.05) is 0 Å². The molecule has 2 N–H and O–H groups in total. The second kappa shape index (κ2) is 3.29. The third-order valence-corrected chi connectivity index (χ3v) is 3.14. The third kappa shape index (κ3) is 1.84. The van der Waals surface area contributed by atoms with E-state index < -0.39 is 10.0 Å². The van der Waals surface area contributed by atoms with Crippen LogP contribution in [0.5, 0.6) is 0 Å². The molecule has 1 heterocycles. The van der Waals surface area contributed by atoms with Crippen molar-refractivity contribution in [3.05, 3.63) is 36.2 Å². The Bertz CT molecular complexity index is 620. The number of aryl methyl sites for hydroxylation is 1. The first-order chi connectivity index (χ1) is 6.98. The van der Waals surface area contributed by atoms with Crippen molar-refractivity contribution < 1.29 is 8.42 Å². The van der Waals surface area contributed by atoms with E-state index in [9.17, 15) is 8.42 Å². The number of aromatic nitrogens is 1. The molecule has 0 saturated carbocycles. The molecule has 0 aliphatic heterocycles. The van der Waals surface area contributed by atoms with Crippen molar-refractivity contribution in [3.8, 4) is 0 Å². The number of benzene rings is 1. The average Bonchev–Trinajstić information content (AvgIpc) is 2.15. The second-order valence-electron chi connectivity index (χ2n) is 3.35. The van der Waals surface area contributed by atoms with Gasteiger partial charge in [-0.05, 0) is 19.1 Å². The molecule has 0 atom stereocenters. The summed E-state index contributed by atoms with van der Waals surface area (Å²) in [5, 5.41) is 6.51. The summed E-state index contributed by atoms with van der Waals surface area (Å²) in [5.41, 5.74) is 0.763. The lowest BCUT2D eigenvalue weighted by molar-refractivity contribution is 0.598. The van der Waals surface area contributed by atoms with Gasteiger partial charge in [-0.3, -0.25) is 4.98 Å². The number of hydrogen-bond donors (Lipinski definition) is 1. The van der Waals surface area contributed by atoms with Gasteiger partial charge in [-0.1, -0.05) is 12.1 Å². The van der Waals surface area contributed by atoms with Gasteiger partial charge in [0.05, 0.1) is 4.90 Å². The van der Waals surface area contributed by atoms with Crippen LogP contribution in [0.25, 0.3) is 10.8 Å². The zero-order valence-electron chi connectivity index (χ0n) is 8.14. The van der Waals surface area contributed by atoms with Gasteiger partial charge in [0.25, 0.3) is 0 Å². The second-order valence-corrected chi connectivity index (χ2v) is 4.88. The quantitative estimate of drug-likeness (QED) is 0.787. The molecule has 2 rings (SSSR count). The van der Waals surface area contributed by atoms with E-state index >= 15 is 0 Å². The summed E-state index contributed by atoms with van der Waals surface area (Å²) in [6.07, 6.45) is 1.64. The Kier molecular flexibility index (Phi) is 2.21. The van der Waals surface area contributed by atoms with Gasteiger partial charge in [-0.15, -0.1) is 0 Å². The van der Waals surface area contributed by atoms with Crippen LogP contribution in [0.2, 0.25) is 0 Å². The van der Waals surface area contributed by atoms with E-state index in [1.165, 1.54) is 6.07 Å². The summed E-state index contributed by atoms with van der Waals surface area (Å²) in [4.78, 5) is 4.24. The topological polar surface area (TPSA) is 73.1 Å². The maximum atomic E-state index is 11.3. The number of hydrogen-bond acceptors (Lipinski definition) is 3. The summed E-state index contributed by atoms with van der Waals surface area (Å²) in [6.45, 7) is 1.80. The molecule has 0 unspecified atom stereocenters. The van der Waals surface area contributed by atoms with Gasteiger partial charge in [0.2, 0.25) is 10.0 Å². The highest BCUT2D eigenvalue weighted by Gasteiger charge is 2.11. The molecule has 0 spiro atoms. The zero-order chi connectivity index (χ0) is 11.1. The minimum Gasteiger partial charge on any atom is -0.261 e. The Morgan fingerprint density at radius 3 is 2.73 bits per heavy atom. The molecule has 0 radical (unpaired) electrons. The molecule has 1 aromatic carbocycles. The maximum absolute atomic E-state index is 11.3. The molecular weight excluding hydrogens is 212 g/mol. The van der Waals surface area contributed by atoms with Crippen molar-refractivity contribution in [1.29, 1.82) is 0 Å². The first kappa shape index (κ1) is 10.1. The highest BCUT2D eigenvalue weighted by molar-refractivity contribution is 7.89. The van der Waals surface area contributed by atoms with Crippen LogP contribution in [0.1, 0.15) is 5.69 Å². The molecule has 1 aromatic heterocycles. The first-order valence-electron chi connectivity index (χ1n) is 4.37. The van der Waals surface area contributed by atoms with Crippen molar-refractivity contribution in [1.82, 2.24) is 4.98 Å². The lowest BCUT2D eigenvalue weighted by Crippen LogP contribution is -2.12. The number of nitrogens with two attached hydrogens (primary N) is 1. The van der Waals surface area contributed by atoms with Crippen molar-refractivity contribution in [2.45, 2.75) is 11.8 Å². The van der Waals surface area contributed by atoms with Crippen LogP contribution in [-0.4, -0.2) is 13.4 Å². The van der Waals surface area contributed by atoms with Crippen LogP contribution in [-0.2, 0) is 10.0 Å². The molecule has 0 aliphatic carbocycles. The van der Waals surface area contributed by atoms with E-state index in [1.54, 1.807) is 31.3 Å². The number of sulfonamides is 1. The smallest absolute Gasteiger partial charge is 0.238 e. The Labute approximate surface area is 87.8 Å². The Hall–Kier alpha value is -1.46. The van der Waals surface area contributed by atoms with Crippen LogP contribution < -0.4 is 5.14 Å². The molecular formula is C10H10N2O2S. The number of pyridine rings is 1. The van der Waals surface area contributed by atoms with E-state index in [2.05, 4.69) is 4.98 Å². The van der Waals surface area contributed by atoms with Crippen LogP contribution in [0, 0.1) is 6.92 Å². The van der Waals surface area contributed by atoms with Gasteiger partial charge < -0.3 is 0 Å². The fraction of sp³-hybridized carbons (Fsp3) is 0.100. The van der Waals surface area contributed by atoms with E-state index in [0.717, 1.165) is 11.1 Å². The van der Waals surface area contributed by atoms with E-state index in [4.69, 9.17) is 5.14 Å². The minimum absolute atomic E-state index is 0.144. The summed E-state index contributed by atoms with van der Waals surface area (Å²) in [5.74, 6) is 0. The van der Waals surface area contributed by atoms with Gasteiger partial charge >= 0.3 is 0 Å². The summed E-state index contributed by atoms with van der Waals surface area (Å²) >= 11 is 0. The van der Waals surface area contributed by atoms with E-state index in [-0.39, 0.29) is 4.90 Å². The Morgan fingerprint density at radius 1 is 1.33 bits per heavy atom. The summed E-state index contributed by atoms with van der Waals surface area (Å²) in [6, 6.07) is 6.67. The van der Waals surface area contributed by atoms with Gasteiger partial charge in [0.1, 0.15) is 0 Å². The molecule has 78 valence electrons. The monoisotopic (exact) mass is 222 g/mol. The standard InChI is InChI=1S/C10H10N2O2S/c1-7-5-9-8(6-12-7)3-2-4-10(9)15(11,13)14/h2-6H,1H3,(H2,11,13,14). The van der Waals surface area contributed by atoms with E-state index in [0.29, 0.717) is 5.39 Å². The van der Waals surface area contributed by atoms with Gasteiger partial charge in [0.15, 0.2) is 0 Å². The molecule has 0 saturated heterocycles. The van der Waals surface area contributed by atoms with Crippen molar-refractivity contribution in [2.24, 2.45) is 5.14 Å². The maximum Gasteiger partial charge on any atom is 0.238 e. The lowest BCUT2D eigenvalue weighted by atomic mass is 10.1. The summed E-state index contributed by atoms with van der Waals surface area (Å²) in [7, 11) is -3.67. The Morgan fingerprint density at radius 2 is 2.07 bits per heavy atom. The minimum atomic E-state index is -3.67. The lowest BCUT2D eigenvalue weighted by Gasteiger charge is -2.04. The SMILES string of the molecule is Cc1cc2c(S(N)(=O)=O)cccc2cn1. The van der Waals surface area contributed by atoms with Crippen LogP contribution in [0.4, 0.5) is 0 Å². The number of primary sulfonamides is 1. The molecule has 0 fully saturated rings. The predicted molar refractivity (Wildman–Crippen MR) is 57.9 cm³/mol. The normalized spacial score (nSPS) is 11.9. The third-order valence-electron chi connectivity index (χ3n) is 2.17. The molecule has 0 bridgehead atoms. The number of rotatable bonds is 1. The number of nitrogens with zero attached hydrogens (tertiary/aromatic N) is 1.